The van der Waals surface area contributed by atoms with Gasteiger partial charge in [0.1, 0.15) is 30.5 Å². The normalized spacial score (nSPS) is 14.3. The minimum atomic E-state index is -0.535. The molecule has 0 bridgehead atoms. The van der Waals surface area contributed by atoms with Gasteiger partial charge in [-0.05, 0) is 72.8 Å². The molecule has 36 heavy (non-hydrogen) atoms. The Balaban J connectivity index is 1.34. The van der Waals surface area contributed by atoms with Gasteiger partial charge in [-0.1, -0.05) is 30.3 Å². The number of hydrogen-bond acceptors (Lipinski definition) is 6. The van der Waals surface area contributed by atoms with Gasteiger partial charge in [-0.3, -0.25) is 19.3 Å². The van der Waals surface area contributed by atoms with E-state index < -0.39 is 23.6 Å². The fourth-order valence-corrected chi connectivity index (χ4v) is 4.21. The Labute approximate surface area is 211 Å². The molecule has 4 rings (SSSR count). The monoisotopic (exact) mass is 506 g/mol. The van der Waals surface area contributed by atoms with Crippen LogP contribution < -0.4 is 14.8 Å². The quantitative estimate of drug-likeness (QED) is 0.387. The number of anilines is 1. The van der Waals surface area contributed by atoms with Crippen LogP contribution in [0.5, 0.6) is 11.5 Å². The summed E-state index contributed by atoms with van der Waals surface area (Å²) in [5, 5.41) is 2.15. The second kappa shape index (κ2) is 11.5. The van der Waals surface area contributed by atoms with Gasteiger partial charge in [0.15, 0.2) is 0 Å². The Morgan fingerprint density at radius 2 is 1.64 bits per heavy atom. The molecule has 1 aliphatic heterocycles. The van der Waals surface area contributed by atoms with Gasteiger partial charge < -0.3 is 14.8 Å². The lowest BCUT2D eigenvalue weighted by molar-refractivity contribution is -0.127. The third kappa shape index (κ3) is 6.31. The molecule has 3 aromatic rings. The minimum Gasteiger partial charge on any atom is -0.494 e. The molecular formula is C27H23FN2O5S. The fourth-order valence-electron chi connectivity index (χ4n) is 3.37. The maximum absolute atomic E-state index is 13.7. The number of amides is 3. The summed E-state index contributed by atoms with van der Waals surface area (Å²) in [6.07, 6.45) is 1.58. The number of hydrogen-bond donors (Lipinski definition) is 1. The van der Waals surface area contributed by atoms with Crippen LogP contribution in [0.25, 0.3) is 6.08 Å². The molecule has 7 nitrogen and oxygen atoms in total. The van der Waals surface area contributed by atoms with Gasteiger partial charge in [-0.15, -0.1) is 0 Å². The molecule has 0 aromatic heterocycles. The van der Waals surface area contributed by atoms with E-state index in [1.807, 2.05) is 6.92 Å². The van der Waals surface area contributed by atoms with Crippen molar-refractivity contribution in [2.24, 2.45) is 0 Å². The second-order valence-electron chi connectivity index (χ2n) is 7.72. The van der Waals surface area contributed by atoms with Crippen LogP contribution >= 0.6 is 11.8 Å². The number of halogens is 1. The lowest BCUT2D eigenvalue weighted by Gasteiger charge is -2.12. The van der Waals surface area contributed by atoms with Gasteiger partial charge >= 0.3 is 0 Å². The Bertz CT molecular complexity index is 1290. The maximum Gasteiger partial charge on any atom is 0.294 e. The third-order valence-electron chi connectivity index (χ3n) is 5.15. The number of nitrogens with zero attached hydrogens (tertiary/aromatic N) is 1. The first-order chi connectivity index (χ1) is 17.4. The lowest BCUT2D eigenvalue weighted by atomic mass is 10.2. The van der Waals surface area contributed by atoms with Gasteiger partial charge in [0.2, 0.25) is 5.91 Å². The number of nitrogens with one attached hydrogen (secondary N) is 1. The van der Waals surface area contributed by atoms with E-state index in [9.17, 15) is 18.8 Å². The molecule has 1 N–H and O–H groups in total. The first kappa shape index (κ1) is 25.0. The van der Waals surface area contributed by atoms with Gasteiger partial charge in [-0.2, -0.15) is 0 Å². The molecular weight excluding hydrogens is 483 g/mol. The van der Waals surface area contributed by atoms with Crippen molar-refractivity contribution in [3.8, 4) is 11.5 Å². The number of imide groups is 1. The summed E-state index contributed by atoms with van der Waals surface area (Å²) < 4.78 is 24.7. The highest BCUT2D eigenvalue weighted by Gasteiger charge is 2.36. The molecule has 0 unspecified atom stereocenters. The second-order valence-corrected chi connectivity index (χ2v) is 8.72. The van der Waals surface area contributed by atoms with E-state index in [1.165, 1.54) is 6.07 Å². The van der Waals surface area contributed by atoms with E-state index in [1.54, 1.807) is 72.8 Å². The zero-order chi connectivity index (χ0) is 25.5. The summed E-state index contributed by atoms with van der Waals surface area (Å²) in [5.41, 5.74) is 1.66. The molecule has 1 heterocycles. The molecule has 0 aliphatic carbocycles. The minimum absolute atomic E-state index is 0.0869. The average molecular weight is 507 g/mol. The van der Waals surface area contributed by atoms with E-state index in [-0.39, 0.29) is 17.3 Å². The molecule has 0 saturated carbocycles. The zero-order valence-corrected chi connectivity index (χ0v) is 20.2. The van der Waals surface area contributed by atoms with Gasteiger partial charge in [0.05, 0.1) is 11.5 Å². The Morgan fingerprint density at radius 1 is 0.972 bits per heavy atom. The SMILES string of the molecule is CCOc1ccc(NC(=O)CN2C(=O)S/C(=C/c3ccc(OCc4ccccc4F)cc3)C2=O)cc1. The highest BCUT2D eigenvalue weighted by atomic mass is 32.2. The first-order valence-electron chi connectivity index (χ1n) is 11.2. The number of carbonyl (C=O) groups is 3. The van der Waals surface area contributed by atoms with Crippen molar-refractivity contribution in [1.82, 2.24) is 4.90 Å². The predicted molar refractivity (Wildman–Crippen MR) is 136 cm³/mol. The summed E-state index contributed by atoms with van der Waals surface area (Å²) in [7, 11) is 0. The van der Waals surface area contributed by atoms with Crippen molar-refractivity contribution in [3.63, 3.8) is 0 Å². The largest absolute Gasteiger partial charge is 0.494 e. The molecule has 1 fully saturated rings. The summed E-state index contributed by atoms with van der Waals surface area (Å²) >= 11 is 0.775. The molecule has 0 radical (unpaired) electrons. The topological polar surface area (TPSA) is 84.9 Å². The summed E-state index contributed by atoms with van der Waals surface area (Å²) in [4.78, 5) is 38.6. The third-order valence-corrected chi connectivity index (χ3v) is 6.06. The average Bonchev–Trinajstić information content (AvgIpc) is 3.13. The number of rotatable bonds is 9. The molecule has 1 saturated heterocycles. The van der Waals surface area contributed by atoms with E-state index >= 15 is 0 Å². The van der Waals surface area contributed by atoms with Crippen molar-refractivity contribution in [2.45, 2.75) is 13.5 Å². The number of benzene rings is 3. The van der Waals surface area contributed by atoms with E-state index in [0.29, 0.717) is 34.9 Å². The van der Waals surface area contributed by atoms with Crippen LogP contribution in [0.3, 0.4) is 0 Å². The first-order valence-corrected chi connectivity index (χ1v) is 12.0. The smallest absolute Gasteiger partial charge is 0.294 e. The van der Waals surface area contributed by atoms with Crippen LogP contribution in [-0.4, -0.2) is 35.1 Å². The molecule has 1 aliphatic rings. The van der Waals surface area contributed by atoms with Crippen molar-refractivity contribution in [1.29, 1.82) is 0 Å². The van der Waals surface area contributed by atoms with E-state index in [4.69, 9.17) is 9.47 Å². The maximum atomic E-state index is 13.7. The van der Waals surface area contributed by atoms with Crippen molar-refractivity contribution in [3.05, 3.63) is 94.6 Å². The molecule has 184 valence electrons. The Kier molecular flexibility index (Phi) is 8.02. The Hall–Kier alpha value is -4.11. The molecule has 9 heteroatoms. The number of ether oxygens (including phenoxy) is 2. The molecule has 3 amide bonds. The highest BCUT2D eigenvalue weighted by molar-refractivity contribution is 8.18. The lowest BCUT2D eigenvalue weighted by Crippen LogP contribution is -2.36. The fraction of sp³-hybridized carbons (Fsp3) is 0.148. The Morgan fingerprint density at radius 3 is 2.33 bits per heavy atom. The van der Waals surface area contributed by atoms with Gasteiger partial charge in [0.25, 0.3) is 11.1 Å². The van der Waals surface area contributed by atoms with E-state index in [0.717, 1.165) is 16.7 Å². The highest BCUT2D eigenvalue weighted by Crippen LogP contribution is 2.32. The molecule has 0 spiro atoms. The zero-order valence-electron chi connectivity index (χ0n) is 19.4. The van der Waals surface area contributed by atoms with Gasteiger partial charge in [0, 0.05) is 11.3 Å². The van der Waals surface area contributed by atoms with Gasteiger partial charge in [-0.25, -0.2) is 4.39 Å². The van der Waals surface area contributed by atoms with Crippen LogP contribution in [0.15, 0.2) is 77.7 Å². The van der Waals surface area contributed by atoms with Crippen molar-refractivity contribution in [2.75, 3.05) is 18.5 Å². The predicted octanol–water partition coefficient (Wildman–Crippen LogP) is 5.48. The van der Waals surface area contributed by atoms with Crippen LogP contribution in [-0.2, 0) is 16.2 Å². The van der Waals surface area contributed by atoms with Crippen LogP contribution in [0.1, 0.15) is 18.1 Å². The number of carbonyl (C=O) groups excluding carboxylic acids is 3. The van der Waals surface area contributed by atoms with Crippen molar-refractivity contribution < 1.29 is 28.2 Å². The summed E-state index contributed by atoms with van der Waals surface area (Å²) in [6, 6.07) is 20.0. The standard InChI is InChI=1S/C27H23FN2O5S/c1-2-34-21-13-9-20(10-14-21)29-25(31)16-30-26(32)24(36-27(30)33)15-18-7-11-22(12-8-18)35-17-19-5-3-4-6-23(19)28/h3-15H,2,16-17H2,1H3,(H,29,31)/b24-15+. The summed E-state index contributed by atoms with van der Waals surface area (Å²) in [6.45, 7) is 2.11. The van der Waals surface area contributed by atoms with Crippen molar-refractivity contribution >= 4 is 40.6 Å². The molecule has 0 atom stereocenters. The van der Waals surface area contributed by atoms with Crippen LogP contribution in [0.4, 0.5) is 14.9 Å². The van der Waals surface area contributed by atoms with E-state index in [2.05, 4.69) is 5.32 Å². The van der Waals surface area contributed by atoms with Crippen LogP contribution in [0, 0.1) is 5.82 Å². The molecule has 3 aromatic carbocycles. The van der Waals surface area contributed by atoms with Crippen LogP contribution in [0.2, 0.25) is 0 Å². The number of thioether (sulfide) groups is 1. The summed E-state index contributed by atoms with van der Waals surface area (Å²) in [5.74, 6) is -0.144.